The standard InChI is InChI=1S/C28H29BrCl2N2O2/c1-2-3-15-32-28(35)26(17-20-7-5-4-6-8-20)33(19-21-9-12-23(29)13-10-21)27(34)18-22-11-14-24(30)25(31)16-22/h4-14,16,26H,2-3,15,17-19H2,1H3,(H,32,35)/t26-/m0/s1. The summed E-state index contributed by atoms with van der Waals surface area (Å²) in [4.78, 5) is 28.8. The first-order valence-corrected chi connectivity index (χ1v) is 13.2. The number of carbonyl (C=O) groups is 2. The average molecular weight is 576 g/mol. The Balaban J connectivity index is 1.94. The van der Waals surface area contributed by atoms with Crippen LogP contribution in [0.2, 0.25) is 10.0 Å². The number of amides is 2. The van der Waals surface area contributed by atoms with Crippen LogP contribution in [0.3, 0.4) is 0 Å². The zero-order valence-corrected chi connectivity index (χ0v) is 22.7. The third kappa shape index (κ3) is 8.38. The predicted octanol–water partition coefficient (Wildman–Crippen LogP) is 6.85. The highest BCUT2D eigenvalue weighted by Crippen LogP contribution is 2.24. The lowest BCUT2D eigenvalue weighted by molar-refractivity contribution is -0.140. The Hall–Kier alpha value is -2.34. The molecule has 0 unspecified atom stereocenters. The fraction of sp³-hybridized carbons (Fsp3) is 0.286. The van der Waals surface area contributed by atoms with E-state index in [9.17, 15) is 9.59 Å². The van der Waals surface area contributed by atoms with Gasteiger partial charge >= 0.3 is 0 Å². The van der Waals surface area contributed by atoms with Gasteiger partial charge in [-0.2, -0.15) is 0 Å². The lowest BCUT2D eigenvalue weighted by atomic mass is 10.0. The second kappa shape index (κ2) is 13.7. The Bertz CT molecular complexity index is 1120. The normalized spacial score (nSPS) is 11.7. The van der Waals surface area contributed by atoms with Gasteiger partial charge < -0.3 is 10.2 Å². The Morgan fingerprint density at radius 1 is 0.914 bits per heavy atom. The summed E-state index contributed by atoms with van der Waals surface area (Å²) in [6, 6.07) is 22.1. The van der Waals surface area contributed by atoms with Crippen molar-refractivity contribution in [3.63, 3.8) is 0 Å². The summed E-state index contributed by atoms with van der Waals surface area (Å²) in [6.45, 7) is 2.97. The minimum Gasteiger partial charge on any atom is -0.354 e. The molecule has 184 valence electrons. The molecule has 1 atom stereocenters. The highest BCUT2D eigenvalue weighted by atomic mass is 79.9. The van der Waals surface area contributed by atoms with Gasteiger partial charge in [0.25, 0.3) is 0 Å². The van der Waals surface area contributed by atoms with Crippen molar-refractivity contribution in [1.29, 1.82) is 0 Å². The van der Waals surface area contributed by atoms with Crippen molar-refractivity contribution in [2.24, 2.45) is 0 Å². The molecule has 3 rings (SSSR count). The first-order valence-electron chi connectivity index (χ1n) is 11.7. The lowest BCUT2D eigenvalue weighted by Gasteiger charge is -2.32. The second-order valence-corrected chi connectivity index (χ2v) is 10.2. The van der Waals surface area contributed by atoms with E-state index in [4.69, 9.17) is 23.2 Å². The van der Waals surface area contributed by atoms with Crippen molar-refractivity contribution in [3.05, 3.63) is 104 Å². The number of halogens is 3. The van der Waals surface area contributed by atoms with Gasteiger partial charge in [-0.25, -0.2) is 0 Å². The number of nitrogens with zero attached hydrogens (tertiary/aromatic N) is 1. The van der Waals surface area contributed by atoms with E-state index < -0.39 is 6.04 Å². The maximum atomic E-state index is 13.7. The molecule has 0 bridgehead atoms. The van der Waals surface area contributed by atoms with E-state index in [1.54, 1.807) is 23.1 Å². The molecule has 35 heavy (non-hydrogen) atoms. The van der Waals surface area contributed by atoms with E-state index in [-0.39, 0.29) is 18.2 Å². The number of benzene rings is 3. The average Bonchev–Trinajstić information content (AvgIpc) is 2.85. The lowest BCUT2D eigenvalue weighted by Crippen LogP contribution is -2.51. The van der Waals surface area contributed by atoms with Gasteiger partial charge in [-0.1, -0.05) is 101 Å². The molecule has 0 aromatic heterocycles. The smallest absolute Gasteiger partial charge is 0.243 e. The van der Waals surface area contributed by atoms with Gasteiger partial charge in [-0.3, -0.25) is 9.59 Å². The largest absolute Gasteiger partial charge is 0.354 e. The van der Waals surface area contributed by atoms with Crippen LogP contribution in [0.25, 0.3) is 0 Å². The highest BCUT2D eigenvalue weighted by molar-refractivity contribution is 9.10. The molecule has 0 aliphatic rings. The van der Waals surface area contributed by atoms with Crippen LogP contribution in [-0.4, -0.2) is 29.3 Å². The number of unbranched alkanes of at least 4 members (excludes halogenated alkanes) is 1. The van der Waals surface area contributed by atoms with E-state index in [2.05, 4.69) is 28.2 Å². The number of hydrogen-bond donors (Lipinski definition) is 1. The molecule has 0 heterocycles. The summed E-state index contributed by atoms with van der Waals surface area (Å²) in [7, 11) is 0. The van der Waals surface area contributed by atoms with Crippen LogP contribution in [-0.2, 0) is 29.0 Å². The monoisotopic (exact) mass is 574 g/mol. The second-order valence-electron chi connectivity index (χ2n) is 8.42. The molecular weight excluding hydrogens is 547 g/mol. The number of nitrogens with one attached hydrogen (secondary N) is 1. The minimum atomic E-state index is -0.659. The summed E-state index contributed by atoms with van der Waals surface area (Å²) >= 11 is 15.7. The van der Waals surface area contributed by atoms with Gasteiger partial charge in [0, 0.05) is 24.0 Å². The van der Waals surface area contributed by atoms with Gasteiger partial charge in [0.2, 0.25) is 11.8 Å². The van der Waals surface area contributed by atoms with Crippen molar-refractivity contribution in [2.75, 3.05) is 6.54 Å². The van der Waals surface area contributed by atoms with Crippen LogP contribution in [0.15, 0.2) is 77.3 Å². The molecule has 3 aromatic carbocycles. The Morgan fingerprint density at radius 3 is 2.26 bits per heavy atom. The number of rotatable bonds is 11. The Labute approximate surface area is 225 Å². The van der Waals surface area contributed by atoms with Crippen LogP contribution in [0.1, 0.15) is 36.5 Å². The van der Waals surface area contributed by atoms with Crippen molar-refractivity contribution in [3.8, 4) is 0 Å². The molecule has 4 nitrogen and oxygen atoms in total. The molecule has 0 spiro atoms. The fourth-order valence-electron chi connectivity index (χ4n) is 3.77. The van der Waals surface area contributed by atoms with Gasteiger partial charge in [-0.15, -0.1) is 0 Å². The molecule has 0 saturated carbocycles. The third-order valence-electron chi connectivity index (χ3n) is 5.71. The fourth-order valence-corrected chi connectivity index (χ4v) is 4.36. The topological polar surface area (TPSA) is 49.4 Å². The summed E-state index contributed by atoms with van der Waals surface area (Å²) in [5.74, 6) is -0.306. The van der Waals surface area contributed by atoms with Crippen LogP contribution < -0.4 is 5.32 Å². The predicted molar refractivity (Wildman–Crippen MR) is 147 cm³/mol. The quantitative estimate of drug-likeness (QED) is 0.254. The van der Waals surface area contributed by atoms with Gasteiger partial charge in [0.05, 0.1) is 16.5 Å². The summed E-state index contributed by atoms with van der Waals surface area (Å²) in [6.07, 6.45) is 2.39. The summed E-state index contributed by atoms with van der Waals surface area (Å²) in [5, 5.41) is 3.87. The van der Waals surface area contributed by atoms with Gasteiger partial charge in [0.1, 0.15) is 6.04 Å². The van der Waals surface area contributed by atoms with Crippen LogP contribution >= 0.6 is 39.1 Å². The van der Waals surface area contributed by atoms with Crippen LogP contribution in [0.5, 0.6) is 0 Å². The molecule has 7 heteroatoms. The number of carbonyl (C=O) groups excluding carboxylic acids is 2. The molecule has 0 radical (unpaired) electrons. The van der Waals surface area contributed by atoms with E-state index in [1.807, 2.05) is 54.6 Å². The SMILES string of the molecule is CCCCNC(=O)[C@H](Cc1ccccc1)N(Cc1ccc(Br)cc1)C(=O)Cc1ccc(Cl)c(Cl)c1. The van der Waals surface area contributed by atoms with E-state index >= 15 is 0 Å². The molecule has 0 fully saturated rings. The Morgan fingerprint density at radius 2 is 1.60 bits per heavy atom. The molecule has 0 aliphatic carbocycles. The molecule has 0 aliphatic heterocycles. The van der Waals surface area contributed by atoms with Crippen molar-refractivity contribution >= 4 is 50.9 Å². The van der Waals surface area contributed by atoms with Crippen molar-refractivity contribution in [1.82, 2.24) is 10.2 Å². The number of hydrogen-bond acceptors (Lipinski definition) is 2. The van der Waals surface area contributed by atoms with Crippen LogP contribution in [0, 0.1) is 0 Å². The highest BCUT2D eigenvalue weighted by Gasteiger charge is 2.30. The molecule has 0 saturated heterocycles. The van der Waals surface area contributed by atoms with E-state index in [1.165, 1.54) is 0 Å². The molecular formula is C28H29BrCl2N2O2. The van der Waals surface area contributed by atoms with Gasteiger partial charge in [-0.05, 0) is 47.4 Å². The molecule has 1 N–H and O–H groups in total. The van der Waals surface area contributed by atoms with E-state index in [0.717, 1.165) is 34.0 Å². The summed E-state index contributed by atoms with van der Waals surface area (Å²) < 4.78 is 0.952. The molecule has 2 amide bonds. The zero-order chi connectivity index (χ0) is 25.2. The first-order chi connectivity index (χ1) is 16.9. The molecule has 3 aromatic rings. The zero-order valence-electron chi connectivity index (χ0n) is 19.6. The van der Waals surface area contributed by atoms with Crippen LogP contribution in [0.4, 0.5) is 0 Å². The maximum Gasteiger partial charge on any atom is 0.243 e. The van der Waals surface area contributed by atoms with Crippen molar-refractivity contribution < 1.29 is 9.59 Å². The maximum absolute atomic E-state index is 13.7. The van der Waals surface area contributed by atoms with E-state index in [0.29, 0.717) is 29.6 Å². The first kappa shape index (κ1) is 27.3. The van der Waals surface area contributed by atoms with Gasteiger partial charge in [0.15, 0.2) is 0 Å². The minimum absolute atomic E-state index is 0.112. The third-order valence-corrected chi connectivity index (χ3v) is 6.97. The van der Waals surface area contributed by atoms with Crippen molar-refractivity contribution in [2.45, 2.75) is 45.2 Å². The summed E-state index contributed by atoms with van der Waals surface area (Å²) in [5.41, 5.74) is 2.68. The Kier molecular flexibility index (Phi) is 10.6.